The number of nitrogens with two attached hydrogens (primary N) is 1. The molecule has 0 heterocycles. The fourth-order valence-electron chi connectivity index (χ4n) is 1.63. The number of ether oxygens (including phenoxy) is 3. The fourth-order valence-corrected chi connectivity index (χ4v) is 1.63. The number of benzene rings is 1. The highest BCUT2D eigenvalue weighted by molar-refractivity contribution is 5.28. The zero-order valence-corrected chi connectivity index (χ0v) is 11.8. The molecule has 0 aliphatic carbocycles. The Labute approximate surface area is 115 Å². The molecular formula is C15H25NO3. The van der Waals surface area contributed by atoms with Gasteiger partial charge in [0.05, 0.1) is 19.8 Å². The first-order chi connectivity index (χ1) is 9.36. The topological polar surface area (TPSA) is 53.7 Å². The lowest BCUT2D eigenvalue weighted by molar-refractivity contribution is 0.106. The Morgan fingerprint density at radius 3 is 2.63 bits per heavy atom. The van der Waals surface area contributed by atoms with Crippen molar-refractivity contribution in [2.75, 3.05) is 39.6 Å². The maximum absolute atomic E-state index is 5.61. The Morgan fingerprint density at radius 2 is 1.84 bits per heavy atom. The van der Waals surface area contributed by atoms with Crippen LogP contribution in [-0.2, 0) is 15.9 Å². The lowest BCUT2D eigenvalue weighted by atomic mass is 10.1. The Morgan fingerprint density at radius 1 is 1.00 bits per heavy atom. The van der Waals surface area contributed by atoms with E-state index in [1.54, 1.807) is 0 Å². The monoisotopic (exact) mass is 267 g/mol. The first-order valence-electron chi connectivity index (χ1n) is 6.94. The molecule has 19 heavy (non-hydrogen) atoms. The van der Waals surface area contributed by atoms with Gasteiger partial charge < -0.3 is 19.9 Å². The van der Waals surface area contributed by atoms with E-state index in [0.717, 1.165) is 31.8 Å². The van der Waals surface area contributed by atoms with Gasteiger partial charge in [-0.25, -0.2) is 0 Å². The Hall–Kier alpha value is -1.10. The van der Waals surface area contributed by atoms with Gasteiger partial charge in [0.2, 0.25) is 0 Å². The highest BCUT2D eigenvalue weighted by atomic mass is 16.5. The summed E-state index contributed by atoms with van der Waals surface area (Å²) >= 11 is 0. The van der Waals surface area contributed by atoms with Gasteiger partial charge in [-0.05, 0) is 30.5 Å². The first kappa shape index (κ1) is 16.0. The van der Waals surface area contributed by atoms with Gasteiger partial charge in [-0.3, -0.25) is 0 Å². The van der Waals surface area contributed by atoms with Crippen LogP contribution in [0.5, 0.6) is 5.75 Å². The zero-order chi connectivity index (χ0) is 13.8. The maximum atomic E-state index is 5.61. The van der Waals surface area contributed by atoms with Crippen molar-refractivity contribution in [3.8, 4) is 5.75 Å². The molecule has 0 aromatic heterocycles. The van der Waals surface area contributed by atoms with E-state index in [9.17, 15) is 0 Å². The minimum absolute atomic E-state index is 0.549. The van der Waals surface area contributed by atoms with E-state index >= 15 is 0 Å². The summed E-state index contributed by atoms with van der Waals surface area (Å²) in [6, 6.07) is 8.11. The van der Waals surface area contributed by atoms with Gasteiger partial charge in [-0.1, -0.05) is 19.1 Å². The van der Waals surface area contributed by atoms with Gasteiger partial charge in [-0.2, -0.15) is 0 Å². The predicted octanol–water partition coefficient (Wildman–Crippen LogP) is 2.01. The molecule has 0 bridgehead atoms. The van der Waals surface area contributed by atoms with Gasteiger partial charge in [0.15, 0.2) is 0 Å². The van der Waals surface area contributed by atoms with E-state index < -0.39 is 0 Å². The van der Waals surface area contributed by atoms with Crippen molar-refractivity contribution in [2.45, 2.75) is 19.8 Å². The Bertz CT molecular complexity index is 331. The molecule has 0 amide bonds. The molecule has 0 radical (unpaired) electrons. The number of hydrogen-bond acceptors (Lipinski definition) is 4. The molecule has 1 aromatic rings. The van der Waals surface area contributed by atoms with Crippen LogP contribution in [-0.4, -0.2) is 39.6 Å². The normalized spacial score (nSPS) is 10.6. The maximum Gasteiger partial charge on any atom is 0.119 e. The van der Waals surface area contributed by atoms with Gasteiger partial charge in [0, 0.05) is 13.2 Å². The molecule has 2 N–H and O–H groups in total. The van der Waals surface area contributed by atoms with E-state index in [2.05, 4.69) is 19.1 Å². The predicted molar refractivity (Wildman–Crippen MR) is 76.6 cm³/mol. The summed E-state index contributed by atoms with van der Waals surface area (Å²) in [4.78, 5) is 0. The average molecular weight is 267 g/mol. The molecule has 0 unspecified atom stereocenters. The van der Waals surface area contributed by atoms with Crippen molar-refractivity contribution >= 4 is 0 Å². The molecule has 0 spiro atoms. The van der Waals surface area contributed by atoms with Crippen molar-refractivity contribution in [1.29, 1.82) is 0 Å². The molecule has 4 nitrogen and oxygen atoms in total. The lowest BCUT2D eigenvalue weighted by Gasteiger charge is -2.08. The van der Waals surface area contributed by atoms with Crippen LogP contribution in [0.1, 0.15) is 18.9 Å². The molecule has 0 saturated carbocycles. The van der Waals surface area contributed by atoms with E-state index in [1.807, 2.05) is 12.1 Å². The van der Waals surface area contributed by atoms with Crippen LogP contribution in [0.2, 0.25) is 0 Å². The van der Waals surface area contributed by atoms with Crippen molar-refractivity contribution in [2.24, 2.45) is 5.73 Å². The van der Waals surface area contributed by atoms with Crippen molar-refractivity contribution in [3.63, 3.8) is 0 Å². The standard InChI is InChI=1S/C15H25NO3/c1-2-8-17-9-6-14-4-3-5-15(13-14)19-12-11-18-10-7-16/h3-5,13H,2,6-12,16H2,1H3. The molecule has 0 atom stereocenters. The van der Waals surface area contributed by atoms with Crippen LogP contribution in [0.15, 0.2) is 24.3 Å². The summed E-state index contributed by atoms with van der Waals surface area (Å²) < 4.78 is 16.4. The third kappa shape index (κ3) is 7.82. The highest BCUT2D eigenvalue weighted by Crippen LogP contribution is 2.13. The summed E-state index contributed by atoms with van der Waals surface area (Å²) in [5, 5.41) is 0. The average Bonchev–Trinajstić information content (AvgIpc) is 2.44. The molecule has 1 aromatic carbocycles. The fraction of sp³-hybridized carbons (Fsp3) is 0.600. The van der Waals surface area contributed by atoms with Gasteiger partial charge in [0.1, 0.15) is 12.4 Å². The van der Waals surface area contributed by atoms with Crippen LogP contribution >= 0.6 is 0 Å². The van der Waals surface area contributed by atoms with Gasteiger partial charge in [-0.15, -0.1) is 0 Å². The summed E-state index contributed by atoms with van der Waals surface area (Å²) in [6.45, 7) is 5.95. The molecular weight excluding hydrogens is 242 g/mol. The van der Waals surface area contributed by atoms with Crippen LogP contribution < -0.4 is 10.5 Å². The van der Waals surface area contributed by atoms with Crippen LogP contribution in [0.25, 0.3) is 0 Å². The first-order valence-corrected chi connectivity index (χ1v) is 6.94. The largest absolute Gasteiger partial charge is 0.491 e. The lowest BCUT2D eigenvalue weighted by Crippen LogP contribution is -2.13. The van der Waals surface area contributed by atoms with Crippen LogP contribution in [0.4, 0.5) is 0 Å². The Balaban J connectivity index is 2.23. The number of rotatable bonds is 11. The van der Waals surface area contributed by atoms with Crippen molar-refractivity contribution < 1.29 is 14.2 Å². The number of hydrogen-bond donors (Lipinski definition) is 1. The van der Waals surface area contributed by atoms with Gasteiger partial charge in [0.25, 0.3) is 0 Å². The SMILES string of the molecule is CCCOCCc1cccc(OCCOCCN)c1. The van der Waals surface area contributed by atoms with Crippen LogP contribution in [0, 0.1) is 0 Å². The third-order valence-electron chi connectivity index (χ3n) is 2.54. The minimum atomic E-state index is 0.549. The van der Waals surface area contributed by atoms with Gasteiger partial charge >= 0.3 is 0 Å². The van der Waals surface area contributed by atoms with E-state index in [-0.39, 0.29) is 0 Å². The van der Waals surface area contributed by atoms with E-state index in [1.165, 1.54) is 5.56 Å². The third-order valence-corrected chi connectivity index (χ3v) is 2.54. The van der Waals surface area contributed by atoms with Crippen molar-refractivity contribution in [3.05, 3.63) is 29.8 Å². The molecule has 0 aliphatic heterocycles. The summed E-state index contributed by atoms with van der Waals surface area (Å²) in [5.41, 5.74) is 6.56. The minimum Gasteiger partial charge on any atom is -0.491 e. The summed E-state index contributed by atoms with van der Waals surface area (Å²) in [7, 11) is 0. The highest BCUT2D eigenvalue weighted by Gasteiger charge is 1.98. The second-order valence-electron chi connectivity index (χ2n) is 4.26. The van der Waals surface area contributed by atoms with Crippen molar-refractivity contribution in [1.82, 2.24) is 0 Å². The molecule has 1 rings (SSSR count). The molecule has 108 valence electrons. The van der Waals surface area contributed by atoms with E-state index in [4.69, 9.17) is 19.9 Å². The molecule has 0 saturated heterocycles. The Kier molecular flexibility index (Phi) is 9.06. The summed E-state index contributed by atoms with van der Waals surface area (Å²) in [6.07, 6.45) is 1.98. The van der Waals surface area contributed by atoms with E-state index in [0.29, 0.717) is 26.4 Å². The second kappa shape index (κ2) is 10.8. The zero-order valence-electron chi connectivity index (χ0n) is 11.8. The van der Waals surface area contributed by atoms with Crippen LogP contribution in [0.3, 0.4) is 0 Å². The summed E-state index contributed by atoms with van der Waals surface area (Å²) in [5.74, 6) is 0.879. The second-order valence-corrected chi connectivity index (χ2v) is 4.26. The molecule has 0 fully saturated rings. The molecule has 4 heteroatoms. The smallest absolute Gasteiger partial charge is 0.119 e. The quantitative estimate of drug-likeness (QED) is 0.623. The molecule has 0 aliphatic rings.